The number of aliphatic hydroxyl groups excluding tert-OH is 1. The van der Waals surface area contributed by atoms with E-state index in [1.165, 1.54) is 6.20 Å². The Labute approximate surface area is 226 Å². The average molecular weight is 539 g/mol. The fourth-order valence-corrected chi connectivity index (χ4v) is 4.22. The minimum Gasteiger partial charge on any atom is -0.438 e. The maximum atomic E-state index is 13.5. The highest BCUT2D eigenvalue weighted by atomic mass is 35.5. The zero-order valence-corrected chi connectivity index (χ0v) is 21.7. The van der Waals surface area contributed by atoms with Crippen LogP contribution in [-0.2, 0) is 16.1 Å². The Kier molecular flexibility index (Phi) is 10.1. The van der Waals surface area contributed by atoms with E-state index in [4.69, 9.17) is 21.1 Å². The number of hydrogen-bond acceptors (Lipinski definition) is 7. The third-order valence-electron chi connectivity index (χ3n) is 6.14. The molecule has 2 heterocycles. The molecule has 9 nitrogen and oxygen atoms in total. The van der Waals surface area contributed by atoms with Crippen LogP contribution in [0.3, 0.4) is 0 Å². The monoisotopic (exact) mass is 538 g/mol. The fraction of sp³-hybridized carbons (Fsp3) is 0.321. The largest absolute Gasteiger partial charge is 0.438 e. The number of aliphatic hydroxyl groups is 1. The Morgan fingerprint density at radius 1 is 1.00 bits per heavy atom. The van der Waals surface area contributed by atoms with Crippen LogP contribution in [0.1, 0.15) is 15.9 Å². The summed E-state index contributed by atoms with van der Waals surface area (Å²) >= 11 is 5.95. The molecule has 1 aliphatic heterocycles. The zero-order valence-electron chi connectivity index (χ0n) is 21.0. The van der Waals surface area contributed by atoms with Crippen molar-refractivity contribution < 1.29 is 24.2 Å². The standard InChI is InChI=1S/C28H31ClN4O5/c29-22-8-10-23(11-9-22)38-27-24(7-4-12-30-27)26(35)31-25(20-37-19-21-5-2-1-3-6-21)28(36)33-15-13-32(14-16-33)17-18-34/h1-12,25,34H,13-20H2,(H,31,35). The Morgan fingerprint density at radius 3 is 2.45 bits per heavy atom. The van der Waals surface area contributed by atoms with Crippen molar-refractivity contribution in [2.45, 2.75) is 12.6 Å². The number of carbonyl (C=O) groups is 2. The molecule has 0 spiro atoms. The smallest absolute Gasteiger partial charge is 0.257 e. The lowest BCUT2D eigenvalue weighted by atomic mass is 10.2. The number of hydrogen-bond donors (Lipinski definition) is 2. The molecule has 0 aliphatic carbocycles. The maximum Gasteiger partial charge on any atom is 0.257 e. The lowest BCUT2D eigenvalue weighted by molar-refractivity contribution is -0.136. The number of benzene rings is 2. The molecule has 3 aromatic rings. The van der Waals surface area contributed by atoms with Crippen molar-refractivity contribution in [2.75, 3.05) is 45.9 Å². The molecule has 2 N–H and O–H groups in total. The minimum absolute atomic E-state index is 0.00393. The van der Waals surface area contributed by atoms with Gasteiger partial charge < -0.3 is 24.8 Å². The molecular weight excluding hydrogens is 508 g/mol. The third-order valence-corrected chi connectivity index (χ3v) is 6.40. The molecular formula is C28H31ClN4O5. The highest BCUT2D eigenvalue weighted by Gasteiger charge is 2.30. The van der Waals surface area contributed by atoms with Gasteiger partial charge in [0.05, 0.1) is 19.8 Å². The van der Waals surface area contributed by atoms with Crippen molar-refractivity contribution in [1.29, 1.82) is 0 Å². The van der Waals surface area contributed by atoms with E-state index in [9.17, 15) is 14.7 Å². The summed E-state index contributed by atoms with van der Waals surface area (Å²) in [7, 11) is 0. The Bertz CT molecular complexity index is 1190. The number of nitrogens with zero attached hydrogens (tertiary/aromatic N) is 3. The Hall–Kier alpha value is -3.50. The van der Waals surface area contributed by atoms with Crippen molar-refractivity contribution >= 4 is 23.4 Å². The summed E-state index contributed by atoms with van der Waals surface area (Å²) in [6.45, 7) is 3.26. The van der Waals surface area contributed by atoms with Crippen molar-refractivity contribution in [1.82, 2.24) is 20.1 Å². The summed E-state index contributed by atoms with van der Waals surface area (Å²) in [5, 5.41) is 12.6. The van der Waals surface area contributed by atoms with Crippen molar-refractivity contribution in [3.8, 4) is 11.6 Å². The number of nitrogens with one attached hydrogen (secondary N) is 1. The first-order valence-corrected chi connectivity index (χ1v) is 12.8. The van der Waals surface area contributed by atoms with Crippen LogP contribution in [0.25, 0.3) is 0 Å². The summed E-state index contributed by atoms with van der Waals surface area (Å²) in [6.07, 6.45) is 1.53. The second kappa shape index (κ2) is 13.9. The predicted molar refractivity (Wildman–Crippen MR) is 143 cm³/mol. The summed E-state index contributed by atoms with van der Waals surface area (Å²) in [4.78, 5) is 34.9. The number of piperazine rings is 1. The molecule has 2 aromatic carbocycles. The molecule has 2 amide bonds. The lowest BCUT2D eigenvalue weighted by Gasteiger charge is -2.36. The highest BCUT2D eigenvalue weighted by molar-refractivity contribution is 6.30. The van der Waals surface area contributed by atoms with Crippen LogP contribution in [0.15, 0.2) is 72.9 Å². The van der Waals surface area contributed by atoms with Gasteiger partial charge in [0.1, 0.15) is 17.4 Å². The molecule has 0 bridgehead atoms. The van der Waals surface area contributed by atoms with Crippen molar-refractivity contribution in [3.05, 3.63) is 89.1 Å². The summed E-state index contributed by atoms with van der Waals surface area (Å²) in [6, 6.07) is 18.7. The second-order valence-corrected chi connectivity index (χ2v) is 9.27. The van der Waals surface area contributed by atoms with Crippen LogP contribution in [0, 0.1) is 0 Å². The van der Waals surface area contributed by atoms with E-state index in [1.54, 1.807) is 41.3 Å². The van der Waals surface area contributed by atoms with Gasteiger partial charge >= 0.3 is 0 Å². The predicted octanol–water partition coefficient (Wildman–Crippen LogP) is 2.98. The van der Waals surface area contributed by atoms with Gasteiger partial charge in [0.15, 0.2) is 0 Å². The normalized spacial score (nSPS) is 14.6. The van der Waals surface area contributed by atoms with Gasteiger partial charge in [-0.1, -0.05) is 41.9 Å². The molecule has 1 atom stereocenters. The summed E-state index contributed by atoms with van der Waals surface area (Å²) in [5.74, 6) is -0.134. The number of rotatable bonds is 11. The van der Waals surface area contributed by atoms with Crippen LogP contribution in [-0.4, -0.2) is 83.7 Å². The van der Waals surface area contributed by atoms with Crippen LogP contribution in [0.2, 0.25) is 5.02 Å². The van der Waals surface area contributed by atoms with E-state index in [2.05, 4.69) is 15.2 Å². The van der Waals surface area contributed by atoms with Crippen LogP contribution < -0.4 is 10.1 Å². The molecule has 4 rings (SSSR count). The number of β-amino-alcohol motifs (C(OH)–C–C–N with tert-alkyl or cyclic N) is 1. The van der Waals surface area contributed by atoms with Gasteiger partial charge in [0.25, 0.3) is 5.91 Å². The van der Waals surface area contributed by atoms with Crippen molar-refractivity contribution in [3.63, 3.8) is 0 Å². The maximum absolute atomic E-state index is 13.5. The molecule has 1 aromatic heterocycles. The first-order chi connectivity index (χ1) is 18.5. The Morgan fingerprint density at radius 2 is 1.74 bits per heavy atom. The minimum atomic E-state index is -0.904. The number of halogens is 1. The van der Waals surface area contributed by atoms with Gasteiger partial charge in [0, 0.05) is 43.9 Å². The molecule has 0 saturated carbocycles. The number of amides is 2. The van der Waals surface area contributed by atoms with E-state index in [0.29, 0.717) is 50.1 Å². The van der Waals surface area contributed by atoms with Crippen LogP contribution >= 0.6 is 11.6 Å². The lowest BCUT2D eigenvalue weighted by Crippen LogP contribution is -2.56. The van der Waals surface area contributed by atoms with E-state index >= 15 is 0 Å². The number of carbonyl (C=O) groups excluding carboxylic acids is 2. The van der Waals surface area contributed by atoms with Crippen LogP contribution in [0.4, 0.5) is 0 Å². The first-order valence-electron chi connectivity index (χ1n) is 12.5. The van der Waals surface area contributed by atoms with Gasteiger partial charge in [-0.2, -0.15) is 0 Å². The second-order valence-electron chi connectivity index (χ2n) is 8.83. The van der Waals surface area contributed by atoms with E-state index in [0.717, 1.165) is 5.56 Å². The molecule has 10 heteroatoms. The zero-order chi connectivity index (χ0) is 26.7. The Balaban J connectivity index is 1.46. The topological polar surface area (TPSA) is 104 Å². The van der Waals surface area contributed by atoms with E-state index in [-0.39, 0.29) is 30.6 Å². The molecule has 1 saturated heterocycles. The van der Waals surface area contributed by atoms with E-state index in [1.807, 2.05) is 30.3 Å². The van der Waals surface area contributed by atoms with Gasteiger partial charge in [-0.05, 0) is 42.0 Å². The summed E-state index contributed by atoms with van der Waals surface area (Å²) < 4.78 is 11.7. The molecule has 38 heavy (non-hydrogen) atoms. The highest BCUT2D eigenvalue weighted by Crippen LogP contribution is 2.24. The number of aromatic nitrogens is 1. The van der Waals surface area contributed by atoms with Gasteiger partial charge in [-0.3, -0.25) is 14.5 Å². The molecule has 1 aliphatic rings. The molecule has 200 valence electrons. The fourth-order valence-electron chi connectivity index (χ4n) is 4.09. The quantitative estimate of drug-likeness (QED) is 0.387. The van der Waals surface area contributed by atoms with E-state index < -0.39 is 11.9 Å². The third kappa shape index (κ3) is 7.75. The molecule has 0 radical (unpaired) electrons. The molecule has 1 unspecified atom stereocenters. The van der Waals surface area contributed by atoms with Gasteiger partial charge in [-0.25, -0.2) is 4.98 Å². The molecule has 1 fully saturated rings. The van der Waals surface area contributed by atoms with Crippen molar-refractivity contribution in [2.24, 2.45) is 0 Å². The first kappa shape index (κ1) is 27.5. The summed E-state index contributed by atoms with van der Waals surface area (Å²) in [5.41, 5.74) is 1.16. The number of pyridine rings is 1. The number of ether oxygens (including phenoxy) is 2. The van der Waals surface area contributed by atoms with Gasteiger partial charge in [-0.15, -0.1) is 0 Å². The average Bonchev–Trinajstić information content (AvgIpc) is 2.95. The SMILES string of the molecule is O=C(NC(COCc1ccccc1)C(=O)N1CCN(CCO)CC1)c1cccnc1Oc1ccc(Cl)cc1. The van der Waals surface area contributed by atoms with Gasteiger partial charge in [0.2, 0.25) is 11.8 Å². The van der Waals surface area contributed by atoms with Crippen LogP contribution in [0.5, 0.6) is 11.6 Å².